The highest BCUT2D eigenvalue weighted by atomic mass is 16.4. The molecule has 0 spiro atoms. The Morgan fingerprint density at radius 2 is 2.12 bits per heavy atom. The van der Waals surface area contributed by atoms with Gasteiger partial charge in [0.1, 0.15) is 0 Å². The molecular formula is C20H27N3O2. The molecule has 134 valence electrons. The van der Waals surface area contributed by atoms with Crippen LogP contribution >= 0.6 is 0 Å². The average Bonchev–Trinajstić information content (AvgIpc) is 2.90. The van der Waals surface area contributed by atoms with Crippen LogP contribution < -0.4 is 0 Å². The zero-order valence-electron chi connectivity index (χ0n) is 15.4. The van der Waals surface area contributed by atoms with E-state index in [4.69, 9.17) is 4.42 Å². The molecule has 0 unspecified atom stereocenters. The molecule has 1 saturated heterocycles. The van der Waals surface area contributed by atoms with Crippen LogP contribution in [0.15, 0.2) is 28.7 Å². The van der Waals surface area contributed by atoms with Crippen molar-refractivity contribution in [3.63, 3.8) is 0 Å². The minimum absolute atomic E-state index is 0.116. The summed E-state index contributed by atoms with van der Waals surface area (Å²) < 4.78 is 5.50. The van der Waals surface area contributed by atoms with Crippen LogP contribution in [0, 0.1) is 12.8 Å². The van der Waals surface area contributed by atoms with Crippen molar-refractivity contribution in [1.29, 1.82) is 0 Å². The van der Waals surface area contributed by atoms with Gasteiger partial charge in [0.2, 0.25) is 11.8 Å². The molecule has 0 radical (unpaired) electrons. The van der Waals surface area contributed by atoms with Crippen LogP contribution in [-0.4, -0.2) is 33.6 Å². The number of benzene rings is 1. The van der Waals surface area contributed by atoms with Gasteiger partial charge in [0.25, 0.3) is 5.91 Å². The molecule has 0 N–H and O–H groups in total. The summed E-state index contributed by atoms with van der Waals surface area (Å²) in [5.41, 5.74) is 1.49. The maximum atomic E-state index is 13.2. The highest BCUT2D eigenvalue weighted by Gasteiger charge is 2.27. The van der Waals surface area contributed by atoms with Crippen LogP contribution in [0.4, 0.5) is 0 Å². The monoisotopic (exact) mass is 341 g/mol. The first-order valence-electron chi connectivity index (χ1n) is 9.26. The van der Waals surface area contributed by atoms with E-state index in [0.717, 1.165) is 31.4 Å². The van der Waals surface area contributed by atoms with Crippen molar-refractivity contribution in [1.82, 2.24) is 15.1 Å². The van der Waals surface area contributed by atoms with E-state index >= 15 is 0 Å². The summed E-state index contributed by atoms with van der Waals surface area (Å²) in [6.45, 7) is 7.07. The second kappa shape index (κ2) is 7.81. The lowest BCUT2D eigenvalue weighted by atomic mass is 9.98. The van der Waals surface area contributed by atoms with Gasteiger partial charge in [-0.25, -0.2) is 0 Å². The van der Waals surface area contributed by atoms with E-state index in [1.165, 1.54) is 12.8 Å². The Kier molecular flexibility index (Phi) is 5.51. The van der Waals surface area contributed by atoms with Crippen molar-refractivity contribution in [3.8, 4) is 11.5 Å². The molecule has 1 aliphatic heterocycles. The molecule has 1 aromatic heterocycles. The zero-order chi connectivity index (χ0) is 17.8. The number of hydrogen-bond donors (Lipinski definition) is 0. The third-order valence-corrected chi connectivity index (χ3v) is 4.76. The van der Waals surface area contributed by atoms with E-state index in [1.807, 2.05) is 24.3 Å². The first kappa shape index (κ1) is 17.6. The van der Waals surface area contributed by atoms with Gasteiger partial charge in [-0.3, -0.25) is 4.79 Å². The van der Waals surface area contributed by atoms with Gasteiger partial charge in [0, 0.05) is 30.6 Å². The van der Waals surface area contributed by atoms with Crippen LogP contribution in [-0.2, 0) is 0 Å². The van der Waals surface area contributed by atoms with E-state index in [2.05, 4.69) is 28.9 Å². The molecule has 0 saturated carbocycles. The third kappa shape index (κ3) is 4.27. The van der Waals surface area contributed by atoms with Gasteiger partial charge in [-0.05, 0) is 43.4 Å². The molecule has 1 atom stereocenters. The predicted octanol–water partition coefficient (Wildman–Crippen LogP) is 4.48. The van der Waals surface area contributed by atoms with E-state index in [1.54, 1.807) is 6.92 Å². The fourth-order valence-corrected chi connectivity index (χ4v) is 3.60. The maximum Gasteiger partial charge on any atom is 0.254 e. The molecule has 2 heterocycles. The van der Waals surface area contributed by atoms with Gasteiger partial charge in [0.05, 0.1) is 0 Å². The molecule has 1 aromatic carbocycles. The topological polar surface area (TPSA) is 59.2 Å². The highest BCUT2D eigenvalue weighted by molar-refractivity contribution is 5.95. The Morgan fingerprint density at radius 3 is 2.84 bits per heavy atom. The van der Waals surface area contributed by atoms with E-state index in [9.17, 15) is 4.79 Å². The lowest BCUT2D eigenvalue weighted by Crippen LogP contribution is -2.40. The zero-order valence-corrected chi connectivity index (χ0v) is 15.4. The van der Waals surface area contributed by atoms with Crippen molar-refractivity contribution < 1.29 is 9.21 Å². The summed E-state index contributed by atoms with van der Waals surface area (Å²) in [6.07, 6.45) is 5.67. The Hall–Kier alpha value is -2.17. The van der Waals surface area contributed by atoms with Crippen LogP contribution in [0.3, 0.4) is 0 Å². The summed E-state index contributed by atoms with van der Waals surface area (Å²) >= 11 is 0. The lowest BCUT2D eigenvalue weighted by molar-refractivity contribution is 0.0661. The largest absolute Gasteiger partial charge is 0.421 e. The van der Waals surface area contributed by atoms with Gasteiger partial charge >= 0.3 is 0 Å². The van der Waals surface area contributed by atoms with Gasteiger partial charge in [-0.15, -0.1) is 10.2 Å². The van der Waals surface area contributed by atoms with Crippen molar-refractivity contribution in [3.05, 3.63) is 35.7 Å². The average molecular weight is 341 g/mol. The summed E-state index contributed by atoms with van der Waals surface area (Å²) in [5.74, 6) is 1.69. The number of carbonyl (C=O) groups excluding carboxylic acids is 1. The second-order valence-electron chi connectivity index (χ2n) is 7.34. The first-order chi connectivity index (χ1) is 12.0. The Bertz CT molecular complexity index is 723. The lowest BCUT2D eigenvalue weighted by Gasteiger charge is -2.31. The highest BCUT2D eigenvalue weighted by Crippen LogP contribution is 2.26. The molecule has 25 heavy (non-hydrogen) atoms. The number of carbonyl (C=O) groups is 1. The minimum atomic E-state index is 0.116. The molecular weight excluding hydrogens is 314 g/mol. The molecule has 1 aliphatic rings. The predicted molar refractivity (Wildman–Crippen MR) is 97.2 cm³/mol. The molecule has 0 bridgehead atoms. The number of aryl methyl sites for hydroxylation is 1. The Morgan fingerprint density at radius 1 is 1.28 bits per heavy atom. The maximum absolute atomic E-state index is 13.2. The summed E-state index contributed by atoms with van der Waals surface area (Å²) in [5, 5.41) is 7.93. The number of amides is 1. The van der Waals surface area contributed by atoms with Crippen molar-refractivity contribution in [2.75, 3.05) is 6.54 Å². The molecule has 5 heteroatoms. The fourth-order valence-electron chi connectivity index (χ4n) is 3.60. The standard InChI is InChI=1S/C20H27N3O2/c1-14(2)12-18-10-5-4-6-11-23(18)20(24)17-9-7-8-16(13-17)19-22-21-15(3)25-19/h7-9,13-14,18H,4-6,10-12H2,1-3H3/t18-/m1/s1. The summed E-state index contributed by atoms with van der Waals surface area (Å²) in [7, 11) is 0. The van der Waals surface area contributed by atoms with Gasteiger partial charge in [-0.1, -0.05) is 32.8 Å². The quantitative estimate of drug-likeness (QED) is 0.823. The number of nitrogens with zero attached hydrogens (tertiary/aromatic N) is 3. The normalized spacial score (nSPS) is 18.4. The van der Waals surface area contributed by atoms with Crippen molar-refractivity contribution in [2.24, 2.45) is 5.92 Å². The van der Waals surface area contributed by atoms with Crippen LogP contribution in [0.25, 0.3) is 11.5 Å². The number of aromatic nitrogens is 2. The fraction of sp³-hybridized carbons (Fsp3) is 0.550. The Labute approximate surface area is 149 Å². The molecule has 3 rings (SSSR count). The van der Waals surface area contributed by atoms with Crippen molar-refractivity contribution in [2.45, 2.75) is 58.9 Å². The van der Waals surface area contributed by atoms with E-state index < -0.39 is 0 Å². The summed E-state index contributed by atoms with van der Waals surface area (Å²) in [4.78, 5) is 15.3. The summed E-state index contributed by atoms with van der Waals surface area (Å²) in [6, 6.07) is 7.87. The van der Waals surface area contributed by atoms with Gasteiger partial charge in [-0.2, -0.15) is 0 Å². The molecule has 1 fully saturated rings. The van der Waals surface area contributed by atoms with Gasteiger partial charge in [0.15, 0.2) is 0 Å². The third-order valence-electron chi connectivity index (χ3n) is 4.76. The second-order valence-corrected chi connectivity index (χ2v) is 7.34. The molecule has 2 aromatic rings. The minimum Gasteiger partial charge on any atom is -0.421 e. The smallest absolute Gasteiger partial charge is 0.254 e. The van der Waals surface area contributed by atoms with E-state index in [-0.39, 0.29) is 5.91 Å². The number of likely N-dealkylation sites (tertiary alicyclic amines) is 1. The van der Waals surface area contributed by atoms with Gasteiger partial charge < -0.3 is 9.32 Å². The SMILES string of the molecule is Cc1nnc(-c2cccc(C(=O)N3CCCCC[C@@H]3CC(C)C)c2)o1. The molecule has 1 amide bonds. The van der Waals surface area contributed by atoms with Crippen LogP contribution in [0.5, 0.6) is 0 Å². The Balaban J connectivity index is 1.85. The van der Waals surface area contributed by atoms with E-state index in [0.29, 0.717) is 29.3 Å². The number of hydrogen-bond acceptors (Lipinski definition) is 4. The molecule has 5 nitrogen and oxygen atoms in total. The number of rotatable bonds is 4. The first-order valence-corrected chi connectivity index (χ1v) is 9.26. The molecule has 0 aliphatic carbocycles. The van der Waals surface area contributed by atoms with Crippen LogP contribution in [0.1, 0.15) is 62.2 Å². The van der Waals surface area contributed by atoms with Crippen LogP contribution in [0.2, 0.25) is 0 Å². The van der Waals surface area contributed by atoms with Crippen molar-refractivity contribution >= 4 is 5.91 Å².